The Kier molecular flexibility index (Phi) is 5.83. The highest BCUT2D eigenvalue weighted by Crippen LogP contribution is 2.42. The van der Waals surface area contributed by atoms with Gasteiger partial charge in [0.05, 0.1) is 12.1 Å². The number of fused-ring (bicyclic) bond motifs is 1. The second-order valence-corrected chi connectivity index (χ2v) is 7.76. The summed E-state index contributed by atoms with van der Waals surface area (Å²) in [4.78, 5) is 27.7. The maximum Gasteiger partial charge on any atom is 0.264 e. The average molecular weight is 412 g/mol. The Morgan fingerprint density at radius 3 is 2.35 bits per heavy atom. The number of anilines is 1. The first-order valence-corrected chi connectivity index (χ1v) is 10.5. The smallest absolute Gasteiger partial charge is 0.264 e. The van der Waals surface area contributed by atoms with E-state index in [9.17, 15) is 14.7 Å². The molecule has 1 N–H and O–H groups in total. The monoisotopic (exact) mass is 411 g/mol. The molecule has 0 spiro atoms. The SMILES string of the molecule is CCc1ccc(C(=O)CC2(O)C(=O)N(C/C=C/c3ccccc3)c3ccccc32)cc1. The topological polar surface area (TPSA) is 57.6 Å². The highest BCUT2D eigenvalue weighted by molar-refractivity contribution is 6.11. The molecule has 31 heavy (non-hydrogen) atoms. The number of aryl methyl sites for hydroxylation is 1. The Bertz CT molecular complexity index is 1120. The van der Waals surface area contributed by atoms with Crippen LogP contribution >= 0.6 is 0 Å². The molecule has 4 nitrogen and oxygen atoms in total. The fraction of sp³-hybridized carbons (Fsp3) is 0.185. The zero-order valence-corrected chi connectivity index (χ0v) is 17.5. The van der Waals surface area contributed by atoms with E-state index in [1.54, 1.807) is 29.2 Å². The maximum atomic E-state index is 13.3. The summed E-state index contributed by atoms with van der Waals surface area (Å²) in [7, 11) is 0. The number of aliphatic hydroxyl groups is 1. The summed E-state index contributed by atoms with van der Waals surface area (Å²) < 4.78 is 0. The van der Waals surface area contributed by atoms with Gasteiger partial charge in [0.1, 0.15) is 0 Å². The van der Waals surface area contributed by atoms with Gasteiger partial charge in [-0.1, -0.05) is 91.9 Å². The van der Waals surface area contributed by atoms with E-state index in [4.69, 9.17) is 0 Å². The molecular formula is C27H25NO3. The van der Waals surface area contributed by atoms with Gasteiger partial charge in [-0.25, -0.2) is 0 Å². The van der Waals surface area contributed by atoms with Gasteiger partial charge >= 0.3 is 0 Å². The Morgan fingerprint density at radius 1 is 0.968 bits per heavy atom. The summed E-state index contributed by atoms with van der Waals surface area (Å²) in [5.41, 5.74) is 1.92. The van der Waals surface area contributed by atoms with Crippen molar-refractivity contribution in [2.45, 2.75) is 25.4 Å². The molecule has 156 valence electrons. The number of amides is 1. The summed E-state index contributed by atoms with van der Waals surface area (Å²) >= 11 is 0. The molecule has 1 aliphatic heterocycles. The summed E-state index contributed by atoms with van der Waals surface area (Å²) in [5, 5.41) is 11.4. The summed E-state index contributed by atoms with van der Waals surface area (Å²) in [6.07, 6.45) is 4.43. The van der Waals surface area contributed by atoms with Crippen LogP contribution in [0.1, 0.15) is 40.4 Å². The third-order valence-corrected chi connectivity index (χ3v) is 5.74. The van der Waals surface area contributed by atoms with Gasteiger partial charge in [0.25, 0.3) is 5.91 Å². The predicted molar refractivity (Wildman–Crippen MR) is 123 cm³/mol. The number of para-hydroxylation sites is 1. The van der Waals surface area contributed by atoms with Gasteiger partial charge in [-0.2, -0.15) is 0 Å². The van der Waals surface area contributed by atoms with Crippen molar-refractivity contribution in [3.63, 3.8) is 0 Å². The van der Waals surface area contributed by atoms with E-state index in [2.05, 4.69) is 6.92 Å². The molecule has 0 aromatic heterocycles. The normalized spacial score (nSPS) is 17.9. The number of rotatable bonds is 7. The first kappa shape index (κ1) is 20.8. The molecule has 1 aliphatic rings. The van der Waals surface area contributed by atoms with E-state index in [0.29, 0.717) is 23.4 Å². The zero-order chi connectivity index (χ0) is 21.8. The van der Waals surface area contributed by atoms with Crippen LogP contribution in [0, 0.1) is 0 Å². The summed E-state index contributed by atoms with van der Waals surface area (Å²) in [6, 6.07) is 24.3. The first-order chi connectivity index (χ1) is 15.0. The van der Waals surface area contributed by atoms with Crippen LogP contribution in [0.2, 0.25) is 0 Å². The van der Waals surface area contributed by atoms with Crippen molar-refractivity contribution < 1.29 is 14.7 Å². The lowest BCUT2D eigenvalue weighted by molar-refractivity contribution is -0.135. The molecular weight excluding hydrogens is 386 g/mol. The Labute approximate surface area is 182 Å². The number of ketones is 1. The summed E-state index contributed by atoms with van der Waals surface area (Å²) in [5.74, 6) is -0.722. The van der Waals surface area contributed by atoms with Crippen LogP contribution in [0.5, 0.6) is 0 Å². The van der Waals surface area contributed by atoms with E-state index in [1.807, 2.05) is 66.7 Å². The van der Waals surface area contributed by atoms with Gasteiger partial charge in [-0.3, -0.25) is 9.59 Å². The van der Waals surface area contributed by atoms with Gasteiger partial charge in [0, 0.05) is 17.7 Å². The second kappa shape index (κ2) is 8.70. The highest BCUT2D eigenvalue weighted by atomic mass is 16.3. The molecule has 0 saturated carbocycles. The second-order valence-electron chi connectivity index (χ2n) is 7.76. The Morgan fingerprint density at radius 2 is 1.65 bits per heavy atom. The molecule has 4 rings (SSSR count). The third-order valence-electron chi connectivity index (χ3n) is 5.74. The average Bonchev–Trinajstić information content (AvgIpc) is 3.01. The van der Waals surface area contributed by atoms with Crippen LogP contribution < -0.4 is 4.90 Å². The van der Waals surface area contributed by atoms with Crippen LogP contribution in [0.15, 0.2) is 84.9 Å². The summed E-state index contributed by atoms with van der Waals surface area (Å²) in [6.45, 7) is 2.36. The minimum absolute atomic E-state index is 0.255. The largest absolute Gasteiger partial charge is 0.375 e. The molecule has 3 aromatic carbocycles. The molecule has 0 bridgehead atoms. The van der Waals surface area contributed by atoms with E-state index < -0.39 is 11.5 Å². The zero-order valence-electron chi connectivity index (χ0n) is 17.5. The van der Waals surface area contributed by atoms with Crippen molar-refractivity contribution in [1.29, 1.82) is 0 Å². The van der Waals surface area contributed by atoms with Gasteiger partial charge in [-0.15, -0.1) is 0 Å². The third kappa shape index (κ3) is 4.07. The number of hydrogen-bond acceptors (Lipinski definition) is 3. The molecule has 0 aliphatic carbocycles. The fourth-order valence-corrected chi connectivity index (χ4v) is 3.98. The highest BCUT2D eigenvalue weighted by Gasteiger charge is 2.50. The predicted octanol–water partition coefficient (Wildman–Crippen LogP) is 4.77. The molecule has 1 amide bonds. The Balaban J connectivity index is 1.58. The lowest BCUT2D eigenvalue weighted by atomic mass is 9.88. The van der Waals surface area contributed by atoms with Crippen molar-refractivity contribution in [2.75, 3.05) is 11.4 Å². The molecule has 0 radical (unpaired) electrons. The standard InChI is InChI=1S/C27H25NO3/c1-2-20-14-16-22(17-15-20)25(29)19-27(31)23-12-6-7-13-24(23)28(26(27)30)18-8-11-21-9-4-3-5-10-21/h3-17,31H,2,18-19H2,1H3/b11-8+. The van der Waals surface area contributed by atoms with Crippen molar-refractivity contribution in [3.05, 3.63) is 107 Å². The van der Waals surface area contributed by atoms with Crippen molar-refractivity contribution in [2.24, 2.45) is 0 Å². The molecule has 1 heterocycles. The molecule has 0 fully saturated rings. The molecule has 3 aromatic rings. The lowest BCUT2D eigenvalue weighted by Gasteiger charge is -2.22. The van der Waals surface area contributed by atoms with Gasteiger partial charge in [0.15, 0.2) is 11.4 Å². The van der Waals surface area contributed by atoms with E-state index in [1.165, 1.54) is 0 Å². The van der Waals surface area contributed by atoms with Crippen LogP contribution in [0.25, 0.3) is 6.08 Å². The van der Waals surface area contributed by atoms with Crippen molar-refractivity contribution in [1.82, 2.24) is 0 Å². The van der Waals surface area contributed by atoms with E-state index >= 15 is 0 Å². The number of carbonyl (C=O) groups is 2. The minimum Gasteiger partial charge on any atom is -0.375 e. The van der Waals surface area contributed by atoms with Gasteiger partial charge in [0.2, 0.25) is 0 Å². The van der Waals surface area contributed by atoms with Crippen LogP contribution in [-0.2, 0) is 16.8 Å². The first-order valence-electron chi connectivity index (χ1n) is 10.5. The van der Waals surface area contributed by atoms with Crippen molar-refractivity contribution in [3.8, 4) is 0 Å². The molecule has 1 unspecified atom stereocenters. The number of Topliss-reactive ketones (excluding diaryl/α,β-unsaturated/α-hetero) is 1. The molecule has 4 heteroatoms. The number of carbonyl (C=O) groups excluding carboxylic acids is 2. The number of hydrogen-bond donors (Lipinski definition) is 1. The minimum atomic E-state index is -1.86. The van der Waals surface area contributed by atoms with Crippen LogP contribution in [0.4, 0.5) is 5.69 Å². The Hall–Kier alpha value is -3.50. The molecule has 1 atom stereocenters. The van der Waals surface area contributed by atoms with Gasteiger partial charge in [-0.05, 0) is 23.6 Å². The number of benzene rings is 3. The van der Waals surface area contributed by atoms with Crippen molar-refractivity contribution >= 4 is 23.5 Å². The fourth-order valence-electron chi connectivity index (χ4n) is 3.98. The maximum absolute atomic E-state index is 13.3. The molecule has 0 saturated heterocycles. The van der Waals surface area contributed by atoms with Gasteiger partial charge < -0.3 is 10.0 Å². The lowest BCUT2D eigenvalue weighted by Crippen LogP contribution is -2.42. The quantitative estimate of drug-likeness (QED) is 0.570. The van der Waals surface area contributed by atoms with E-state index in [0.717, 1.165) is 17.5 Å². The van der Waals surface area contributed by atoms with Crippen LogP contribution in [0.3, 0.4) is 0 Å². The van der Waals surface area contributed by atoms with E-state index in [-0.39, 0.29) is 12.2 Å². The number of nitrogens with zero attached hydrogens (tertiary/aromatic N) is 1. The van der Waals surface area contributed by atoms with Crippen LogP contribution in [-0.4, -0.2) is 23.3 Å².